The first-order valence-electron chi connectivity index (χ1n) is 5.62. The Labute approximate surface area is 88.4 Å². The van der Waals surface area contributed by atoms with E-state index < -0.39 is 5.92 Å². The maximum absolute atomic E-state index is 12.7. The van der Waals surface area contributed by atoms with Crippen LogP contribution >= 0.6 is 0 Å². The van der Waals surface area contributed by atoms with Crippen LogP contribution in [-0.2, 0) is 4.79 Å². The van der Waals surface area contributed by atoms with Crippen molar-refractivity contribution in [2.75, 3.05) is 0 Å². The number of halogens is 2. The Balaban J connectivity index is 1.69. The van der Waals surface area contributed by atoms with Gasteiger partial charge in [-0.25, -0.2) is 8.78 Å². The Bertz CT molecular complexity index is 262. The molecule has 2 saturated carbocycles. The number of alkyl halides is 2. The van der Waals surface area contributed by atoms with Crippen molar-refractivity contribution in [3.05, 3.63) is 0 Å². The van der Waals surface area contributed by atoms with Gasteiger partial charge in [-0.3, -0.25) is 4.79 Å². The summed E-state index contributed by atoms with van der Waals surface area (Å²) in [6, 6.07) is 0.153. The molecule has 0 aliphatic heterocycles. The van der Waals surface area contributed by atoms with Gasteiger partial charge in [-0.1, -0.05) is 6.92 Å². The van der Waals surface area contributed by atoms with Crippen LogP contribution in [0.3, 0.4) is 0 Å². The summed E-state index contributed by atoms with van der Waals surface area (Å²) in [6.07, 6.45) is 2.93. The zero-order chi connectivity index (χ0) is 11.1. The number of hydrogen-bond donors (Lipinski definition) is 1. The summed E-state index contributed by atoms with van der Waals surface area (Å²) in [5.74, 6) is -2.37. The van der Waals surface area contributed by atoms with Crippen molar-refractivity contribution in [3.8, 4) is 0 Å². The molecular formula is C11H17F2NO. The van der Waals surface area contributed by atoms with E-state index in [0.717, 1.165) is 19.3 Å². The summed E-state index contributed by atoms with van der Waals surface area (Å²) < 4.78 is 25.4. The lowest BCUT2D eigenvalue weighted by Gasteiger charge is -2.57. The molecule has 1 amide bonds. The van der Waals surface area contributed by atoms with Gasteiger partial charge in [-0.2, -0.15) is 0 Å². The molecule has 0 heterocycles. The molecule has 2 aliphatic carbocycles. The lowest BCUT2D eigenvalue weighted by molar-refractivity contribution is -0.198. The second kappa shape index (κ2) is 3.42. The fourth-order valence-electron chi connectivity index (χ4n) is 2.95. The van der Waals surface area contributed by atoms with E-state index in [0.29, 0.717) is 6.42 Å². The summed E-state index contributed by atoms with van der Waals surface area (Å²) in [5, 5.41) is 2.88. The predicted octanol–water partition coefficient (Wildman–Crippen LogP) is 2.48. The van der Waals surface area contributed by atoms with Crippen molar-refractivity contribution in [2.24, 2.45) is 5.41 Å². The molecule has 0 aromatic carbocycles. The van der Waals surface area contributed by atoms with Crippen LogP contribution < -0.4 is 5.32 Å². The van der Waals surface area contributed by atoms with Gasteiger partial charge in [-0.15, -0.1) is 0 Å². The SMILES string of the molecule is CCCC(=O)NC1CC2(C1)CC(F)(F)C2. The largest absolute Gasteiger partial charge is 0.353 e. The van der Waals surface area contributed by atoms with Crippen molar-refractivity contribution >= 4 is 5.91 Å². The molecule has 1 spiro atoms. The average molecular weight is 217 g/mol. The summed E-state index contributed by atoms with van der Waals surface area (Å²) in [7, 11) is 0. The van der Waals surface area contributed by atoms with Gasteiger partial charge in [0.2, 0.25) is 11.8 Å². The van der Waals surface area contributed by atoms with E-state index >= 15 is 0 Å². The standard InChI is InChI=1S/C11H17F2NO/c1-2-3-9(15)14-8-4-10(5-8)6-11(12,13)7-10/h8H,2-7H2,1H3,(H,14,15). The molecule has 86 valence electrons. The van der Waals surface area contributed by atoms with Crippen LogP contribution in [0.1, 0.15) is 45.4 Å². The van der Waals surface area contributed by atoms with Crippen molar-refractivity contribution in [1.82, 2.24) is 5.32 Å². The van der Waals surface area contributed by atoms with Crippen LogP contribution in [0.5, 0.6) is 0 Å². The smallest absolute Gasteiger partial charge is 0.249 e. The van der Waals surface area contributed by atoms with E-state index in [1.54, 1.807) is 0 Å². The van der Waals surface area contributed by atoms with E-state index in [1.807, 2.05) is 6.92 Å². The molecule has 2 fully saturated rings. The topological polar surface area (TPSA) is 29.1 Å². The highest BCUT2D eigenvalue weighted by Gasteiger charge is 2.61. The molecule has 0 aromatic heterocycles. The Kier molecular flexibility index (Phi) is 2.47. The van der Waals surface area contributed by atoms with Gasteiger partial charge in [0, 0.05) is 25.3 Å². The van der Waals surface area contributed by atoms with E-state index in [1.165, 1.54) is 0 Å². The molecule has 0 saturated heterocycles. The number of carbonyl (C=O) groups excluding carboxylic acids is 1. The minimum Gasteiger partial charge on any atom is -0.353 e. The number of hydrogen-bond acceptors (Lipinski definition) is 1. The molecule has 0 radical (unpaired) electrons. The molecule has 0 aromatic rings. The first-order valence-corrected chi connectivity index (χ1v) is 5.62. The highest BCUT2D eigenvalue weighted by atomic mass is 19.3. The van der Waals surface area contributed by atoms with Gasteiger partial charge in [0.1, 0.15) is 0 Å². The second-order valence-corrected chi connectivity index (χ2v) is 5.13. The van der Waals surface area contributed by atoms with Crippen molar-refractivity contribution in [2.45, 2.75) is 57.4 Å². The molecule has 4 heteroatoms. The fourth-order valence-corrected chi connectivity index (χ4v) is 2.95. The predicted molar refractivity (Wildman–Crippen MR) is 52.7 cm³/mol. The Morgan fingerprint density at radius 2 is 2.00 bits per heavy atom. The van der Waals surface area contributed by atoms with Crippen LogP contribution in [0.2, 0.25) is 0 Å². The molecule has 2 nitrogen and oxygen atoms in total. The van der Waals surface area contributed by atoms with Gasteiger partial charge in [0.15, 0.2) is 0 Å². The monoisotopic (exact) mass is 217 g/mol. The zero-order valence-corrected chi connectivity index (χ0v) is 8.98. The van der Waals surface area contributed by atoms with Gasteiger partial charge < -0.3 is 5.32 Å². The van der Waals surface area contributed by atoms with Crippen molar-refractivity contribution < 1.29 is 13.6 Å². The van der Waals surface area contributed by atoms with Crippen LogP contribution in [0.15, 0.2) is 0 Å². The van der Waals surface area contributed by atoms with Gasteiger partial charge in [0.05, 0.1) is 0 Å². The van der Waals surface area contributed by atoms with Crippen molar-refractivity contribution in [3.63, 3.8) is 0 Å². The number of amides is 1. The minimum absolute atomic E-state index is 0.0279. The minimum atomic E-state index is -2.43. The number of carbonyl (C=O) groups is 1. The molecule has 0 bridgehead atoms. The molecule has 15 heavy (non-hydrogen) atoms. The summed E-state index contributed by atoms with van der Waals surface area (Å²) in [5.41, 5.74) is -0.131. The highest BCUT2D eigenvalue weighted by molar-refractivity contribution is 5.76. The maximum Gasteiger partial charge on any atom is 0.249 e. The van der Waals surface area contributed by atoms with Crippen LogP contribution in [0.25, 0.3) is 0 Å². The second-order valence-electron chi connectivity index (χ2n) is 5.13. The van der Waals surface area contributed by atoms with Crippen molar-refractivity contribution in [1.29, 1.82) is 0 Å². The number of nitrogens with one attached hydrogen (secondary N) is 1. The third-order valence-corrected chi connectivity index (χ3v) is 3.47. The molecule has 2 rings (SSSR count). The first-order chi connectivity index (χ1) is 6.95. The zero-order valence-electron chi connectivity index (χ0n) is 8.98. The van der Waals surface area contributed by atoms with Gasteiger partial charge >= 0.3 is 0 Å². The van der Waals surface area contributed by atoms with Gasteiger partial charge in [-0.05, 0) is 24.7 Å². The van der Waals surface area contributed by atoms with Crippen LogP contribution in [0.4, 0.5) is 8.78 Å². The lowest BCUT2D eigenvalue weighted by atomic mass is 9.52. The summed E-state index contributed by atoms with van der Waals surface area (Å²) in [4.78, 5) is 11.2. The number of rotatable bonds is 3. The van der Waals surface area contributed by atoms with E-state index in [4.69, 9.17) is 0 Å². The molecule has 0 unspecified atom stereocenters. The van der Waals surface area contributed by atoms with E-state index in [9.17, 15) is 13.6 Å². The molecular weight excluding hydrogens is 200 g/mol. The third-order valence-electron chi connectivity index (χ3n) is 3.47. The third kappa shape index (κ3) is 2.13. The van der Waals surface area contributed by atoms with Crippen LogP contribution in [0, 0.1) is 5.41 Å². The summed E-state index contributed by atoms with van der Waals surface area (Å²) in [6.45, 7) is 1.95. The Hall–Kier alpha value is -0.670. The quantitative estimate of drug-likeness (QED) is 0.773. The lowest BCUT2D eigenvalue weighted by Crippen LogP contribution is -2.59. The molecule has 1 N–H and O–H groups in total. The fraction of sp³-hybridized carbons (Fsp3) is 0.909. The molecule has 0 atom stereocenters. The Morgan fingerprint density at radius 1 is 1.40 bits per heavy atom. The summed E-state index contributed by atoms with van der Waals surface area (Å²) >= 11 is 0. The van der Waals surface area contributed by atoms with Crippen LogP contribution in [-0.4, -0.2) is 17.9 Å². The van der Waals surface area contributed by atoms with E-state index in [2.05, 4.69) is 5.32 Å². The van der Waals surface area contributed by atoms with Gasteiger partial charge in [0.25, 0.3) is 0 Å². The average Bonchev–Trinajstić information content (AvgIpc) is 1.97. The maximum atomic E-state index is 12.7. The Morgan fingerprint density at radius 3 is 2.47 bits per heavy atom. The highest BCUT2D eigenvalue weighted by Crippen LogP contribution is 2.62. The normalized spacial score (nSPS) is 26.9. The molecule has 2 aliphatic rings. The first kappa shape index (κ1) is 10.8. The van der Waals surface area contributed by atoms with E-state index in [-0.39, 0.29) is 30.2 Å².